The van der Waals surface area contributed by atoms with E-state index < -0.39 is 24.4 Å². The average molecular weight is 299 g/mol. The molecule has 0 unspecified atom stereocenters. The molecule has 0 amide bonds. The predicted molar refractivity (Wildman–Crippen MR) is 67.7 cm³/mol. The number of halogens is 3. The molecule has 1 heterocycles. The van der Waals surface area contributed by atoms with E-state index in [2.05, 4.69) is 10.1 Å². The van der Waals surface area contributed by atoms with Crippen LogP contribution in [0.3, 0.4) is 0 Å². The molecule has 1 rings (SSSR count). The monoisotopic (exact) mass is 299 g/mol. The van der Waals surface area contributed by atoms with Gasteiger partial charge in [0.1, 0.15) is 6.33 Å². The van der Waals surface area contributed by atoms with Crippen molar-refractivity contribution in [3.05, 3.63) is 12.2 Å². The van der Waals surface area contributed by atoms with Crippen molar-refractivity contribution in [1.82, 2.24) is 14.8 Å². The van der Waals surface area contributed by atoms with E-state index in [4.69, 9.17) is 10.5 Å². The fourth-order valence-corrected chi connectivity index (χ4v) is 1.63. The topological polar surface area (TPSA) is 78.3 Å². The van der Waals surface area contributed by atoms with Gasteiger partial charge in [-0.1, -0.05) is 20.8 Å². The molecular weight excluding hydrogens is 283 g/mol. The zero-order valence-electron chi connectivity index (χ0n) is 12.1. The van der Waals surface area contributed by atoms with Gasteiger partial charge in [-0.2, -0.15) is 28.8 Å². The van der Waals surface area contributed by atoms with Crippen LogP contribution < -0.4 is 0 Å². The minimum Gasteiger partial charge on any atom is -0.250 e. The lowest BCUT2D eigenvalue weighted by atomic mass is 9.86. The lowest BCUT2D eigenvalue weighted by Gasteiger charge is -2.19. The summed E-state index contributed by atoms with van der Waals surface area (Å²) in [6.45, 7) is 5.42. The molecule has 0 N–H and O–H groups in total. The fourth-order valence-electron chi connectivity index (χ4n) is 1.63. The zero-order chi connectivity index (χ0) is 16.3. The quantitative estimate of drug-likeness (QED) is 0.856. The van der Waals surface area contributed by atoms with Crippen LogP contribution in [0, 0.1) is 28.1 Å². The normalized spacial score (nSPS) is 12.8. The van der Waals surface area contributed by atoms with E-state index in [-0.39, 0.29) is 12.0 Å². The Morgan fingerprint density at radius 1 is 1.14 bits per heavy atom. The van der Waals surface area contributed by atoms with Crippen LogP contribution in [0.25, 0.3) is 0 Å². The van der Waals surface area contributed by atoms with Gasteiger partial charge in [0.15, 0.2) is 11.2 Å². The summed E-state index contributed by atoms with van der Waals surface area (Å²) < 4.78 is 38.2. The SMILES string of the molecule is CC(C)(C)c1ncn(CC(C#N)(C#N)CCC(F)(F)F)n1. The van der Waals surface area contributed by atoms with Gasteiger partial charge in [0.05, 0.1) is 18.7 Å². The molecule has 21 heavy (non-hydrogen) atoms. The molecule has 0 saturated carbocycles. The van der Waals surface area contributed by atoms with E-state index in [0.717, 1.165) is 0 Å². The van der Waals surface area contributed by atoms with Crippen molar-refractivity contribution in [2.45, 2.75) is 51.7 Å². The Bertz CT molecular complexity index is 554. The molecule has 1 aromatic rings. The van der Waals surface area contributed by atoms with Crippen LogP contribution >= 0.6 is 0 Å². The van der Waals surface area contributed by atoms with Crippen LogP contribution in [0.2, 0.25) is 0 Å². The average Bonchev–Trinajstić information content (AvgIpc) is 2.82. The van der Waals surface area contributed by atoms with E-state index in [1.54, 1.807) is 12.1 Å². The Labute approximate surface area is 121 Å². The van der Waals surface area contributed by atoms with Gasteiger partial charge in [0.2, 0.25) is 0 Å². The second kappa shape index (κ2) is 5.72. The minimum atomic E-state index is -4.40. The highest BCUT2D eigenvalue weighted by Crippen LogP contribution is 2.31. The number of rotatable bonds is 4. The number of hydrogen-bond donors (Lipinski definition) is 0. The molecule has 1 aromatic heterocycles. The minimum absolute atomic E-state index is 0.237. The predicted octanol–water partition coefficient (Wildman–Crippen LogP) is 2.95. The first kappa shape index (κ1) is 17.0. The van der Waals surface area contributed by atoms with Gasteiger partial charge < -0.3 is 0 Å². The van der Waals surface area contributed by atoms with Gasteiger partial charge in [-0.3, -0.25) is 0 Å². The smallest absolute Gasteiger partial charge is 0.250 e. The molecule has 114 valence electrons. The molecule has 0 radical (unpaired) electrons. The van der Waals surface area contributed by atoms with Gasteiger partial charge in [0.25, 0.3) is 0 Å². The van der Waals surface area contributed by atoms with E-state index >= 15 is 0 Å². The second-order valence-corrected chi connectivity index (χ2v) is 5.94. The maximum atomic E-state index is 12.3. The van der Waals surface area contributed by atoms with E-state index in [1.165, 1.54) is 11.0 Å². The first-order chi connectivity index (χ1) is 9.51. The third-order valence-corrected chi connectivity index (χ3v) is 2.90. The summed E-state index contributed by atoms with van der Waals surface area (Å²) in [7, 11) is 0. The van der Waals surface area contributed by atoms with E-state index in [9.17, 15) is 13.2 Å². The van der Waals surface area contributed by atoms with Crippen LogP contribution in [-0.2, 0) is 12.0 Å². The van der Waals surface area contributed by atoms with Crippen molar-refractivity contribution in [3.8, 4) is 12.1 Å². The fraction of sp³-hybridized carbons (Fsp3) is 0.692. The number of nitriles is 2. The molecule has 8 heteroatoms. The van der Waals surface area contributed by atoms with Crippen molar-refractivity contribution in [3.63, 3.8) is 0 Å². The van der Waals surface area contributed by atoms with E-state index in [0.29, 0.717) is 5.82 Å². The van der Waals surface area contributed by atoms with Gasteiger partial charge in [0, 0.05) is 11.8 Å². The summed E-state index contributed by atoms with van der Waals surface area (Å²) in [6.07, 6.45) is -4.85. The molecule has 0 aliphatic rings. The highest BCUT2D eigenvalue weighted by molar-refractivity contribution is 5.13. The Hall–Kier alpha value is -2.09. The Kier molecular flexibility index (Phi) is 4.62. The molecule has 0 atom stereocenters. The first-order valence-electron chi connectivity index (χ1n) is 6.30. The maximum Gasteiger partial charge on any atom is 0.389 e. The number of hydrogen-bond acceptors (Lipinski definition) is 4. The highest BCUT2D eigenvalue weighted by atomic mass is 19.4. The van der Waals surface area contributed by atoms with Crippen LogP contribution in [0.5, 0.6) is 0 Å². The molecule has 0 aromatic carbocycles. The van der Waals surface area contributed by atoms with Crippen LogP contribution in [-0.4, -0.2) is 20.9 Å². The molecule has 5 nitrogen and oxygen atoms in total. The molecular formula is C13H16F3N5. The summed E-state index contributed by atoms with van der Waals surface area (Å²) in [5.41, 5.74) is -2.09. The van der Waals surface area contributed by atoms with E-state index in [1.807, 2.05) is 20.8 Å². The Balaban J connectivity index is 2.92. The summed E-state index contributed by atoms with van der Waals surface area (Å²) in [5.74, 6) is 0.503. The number of aromatic nitrogens is 3. The first-order valence-corrected chi connectivity index (χ1v) is 6.30. The van der Waals surface area contributed by atoms with Crippen molar-refractivity contribution in [2.24, 2.45) is 5.41 Å². The van der Waals surface area contributed by atoms with Gasteiger partial charge >= 0.3 is 6.18 Å². The third-order valence-electron chi connectivity index (χ3n) is 2.90. The van der Waals surface area contributed by atoms with Gasteiger partial charge in [-0.15, -0.1) is 0 Å². The van der Waals surface area contributed by atoms with Crippen molar-refractivity contribution >= 4 is 0 Å². The van der Waals surface area contributed by atoms with Crippen molar-refractivity contribution in [1.29, 1.82) is 10.5 Å². The molecule has 0 fully saturated rings. The molecule has 0 aliphatic heterocycles. The summed E-state index contributed by atoms with van der Waals surface area (Å²) in [5, 5.41) is 22.3. The summed E-state index contributed by atoms with van der Waals surface area (Å²) in [4.78, 5) is 4.06. The Morgan fingerprint density at radius 2 is 1.71 bits per heavy atom. The standard InChI is InChI=1S/C13H16F3N5/c1-11(2,3)10-19-9-21(20-10)8-12(6-17,7-18)4-5-13(14,15)16/h9H,4-5,8H2,1-3H3. The van der Waals surface area contributed by atoms with Crippen molar-refractivity contribution < 1.29 is 13.2 Å². The molecule has 0 aliphatic carbocycles. The molecule has 0 bridgehead atoms. The van der Waals surface area contributed by atoms with Gasteiger partial charge in [-0.05, 0) is 6.42 Å². The van der Waals surface area contributed by atoms with Crippen LogP contribution in [0.4, 0.5) is 13.2 Å². The molecule has 0 saturated heterocycles. The maximum absolute atomic E-state index is 12.3. The lowest BCUT2D eigenvalue weighted by molar-refractivity contribution is -0.138. The van der Waals surface area contributed by atoms with Crippen molar-refractivity contribution in [2.75, 3.05) is 0 Å². The third kappa shape index (κ3) is 4.75. The summed E-state index contributed by atoms with van der Waals surface area (Å²) in [6, 6.07) is 3.37. The van der Waals surface area contributed by atoms with Gasteiger partial charge in [-0.25, -0.2) is 9.67 Å². The second-order valence-electron chi connectivity index (χ2n) is 5.94. The summed E-state index contributed by atoms with van der Waals surface area (Å²) >= 11 is 0. The largest absolute Gasteiger partial charge is 0.389 e. The van der Waals surface area contributed by atoms with Crippen LogP contribution in [0.15, 0.2) is 6.33 Å². The highest BCUT2D eigenvalue weighted by Gasteiger charge is 2.37. The zero-order valence-corrected chi connectivity index (χ0v) is 12.1. The molecule has 0 spiro atoms. The lowest BCUT2D eigenvalue weighted by Crippen LogP contribution is -2.26. The number of alkyl halides is 3. The van der Waals surface area contributed by atoms with Crippen LogP contribution in [0.1, 0.15) is 39.4 Å². The Morgan fingerprint density at radius 3 is 2.10 bits per heavy atom. The number of nitrogens with zero attached hydrogens (tertiary/aromatic N) is 5.